The van der Waals surface area contributed by atoms with Crippen LogP contribution in [-0.4, -0.2) is 23.7 Å². The molecular formula is C12H16N2O4. The molecule has 1 fully saturated rings. The van der Waals surface area contributed by atoms with Crippen LogP contribution in [0.3, 0.4) is 0 Å². The third-order valence-corrected chi connectivity index (χ3v) is 2.87. The maximum atomic E-state index is 11.4. The number of nitrogens with one attached hydrogen (secondary N) is 2. The summed E-state index contributed by atoms with van der Waals surface area (Å²) in [4.78, 5) is 22.2. The maximum Gasteiger partial charge on any atom is 0.339 e. The van der Waals surface area contributed by atoms with Crippen LogP contribution < -0.4 is 10.6 Å². The molecule has 0 unspecified atom stereocenters. The lowest BCUT2D eigenvalue weighted by Crippen LogP contribution is -2.36. The van der Waals surface area contributed by atoms with Crippen molar-refractivity contribution in [2.45, 2.75) is 26.3 Å². The molecule has 1 saturated carbocycles. The first kappa shape index (κ1) is 12.5. The van der Waals surface area contributed by atoms with Crippen molar-refractivity contribution in [1.82, 2.24) is 10.6 Å². The number of aryl methyl sites for hydroxylation is 1. The fraction of sp³-hybridized carbons (Fsp3) is 0.500. The van der Waals surface area contributed by atoms with Crippen LogP contribution in [0.4, 0.5) is 4.79 Å². The average molecular weight is 252 g/mol. The number of carbonyl (C=O) groups is 2. The predicted molar refractivity (Wildman–Crippen MR) is 63.4 cm³/mol. The topological polar surface area (TPSA) is 91.6 Å². The van der Waals surface area contributed by atoms with Gasteiger partial charge in [-0.15, -0.1) is 0 Å². The highest BCUT2D eigenvalue weighted by molar-refractivity contribution is 5.88. The Morgan fingerprint density at radius 3 is 2.72 bits per heavy atom. The van der Waals surface area contributed by atoms with Gasteiger partial charge in [-0.1, -0.05) is 0 Å². The van der Waals surface area contributed by atoms with Crippen molar-refractivity contribution in [3.8, 4) is 0 Å². The Morgan fingerprint density at radius 1 is 1.44 bits per heavy atom. The van der Waals surface area contributed by atoms with Gasteiger partial charge in [-0.2, -0.15) is 0 Å². The van der Waals surface area contributed by atoms with E-state index in [9.17, 15) is 9.59 Å². The molecule has 1 heterocycles. The molecular weight excluding hydrogens is 236 g/mol. The highest BCUT2D eigenvalue weighted by Crippen LogP contribution is 2.27. The molecule has 1 aliphatic rings. The number of hydrogen-bond acceptors (Lipinski definition) is 3. The van der Waals surface area contributed by atoms with Crippen molar-refractivity contribution < 1.29 is 19.1 Å². The van der Waals surface area contributed by atoms with Gasteiger partial charge in [0.1, 0.15) is 17.1 Å². The monoisotopic (exact) mass is 252 g/mol. The Labute approximate surface area is 104 Å². The van der Waals surface area contributed by atoms with Gasteiger partial charge in [-0.3, -0.25) is 0 Å². The number of rotatable bonds is 5. The van der Waals surface area contributed by atoms with Gasteiger partial charge in [0.25, 0.3) is 0 Å². The second kappa shape index (κ2) is 5.12. The number of urea groups is 1. The van der Waals surface area contributed by atoms with E-state index in [0.29, 0.717) is 24.0 Å². The lowest BCUT2D eigenvalue weighted by Gasteiger charge is -2.04. The van der Waals surface area contributed by atoms with Gasteiger partial charge >= 0.3 is 12.0 Å². The minimum atomic E-state index is -1.03. The SMILES string of the molecule is Cc1oc(CNC(=O)NCC2CC2)cc1C(=O)O. The highest BCUT2D eigenvalue weighted by Gasteiger charge is 2.21. The molecule has 0 aromatic carbocycles. The van der Waals surface area contributed by atoms with Gasteiger partial charge in [0.2, 0.25) is 0 Å². The number of carbonyl (C=O) groups excluding carboxylic acids is 1. The van der Waals surface area contributed by atoms with Crippen molar-refractivity contribution in [3.63, 3.8) is 0 Å². The van der Waals surface area contributed by atoms with Crippen LogP contribution in [0.2, 0.25) is 0 Å². The minimum Gasteiger partial charge on any atom is -0.478 e. The fourth-order valence-corrected chi connectivity index (χ4v) is 1.63. The van der Waals surface area contributed by atoms with Gasteiger partial charge in [0, 0.05) is 6.54 Å². The van der Waals surface area contributed by atoms with E-state index in [0.717, 1.165) is 0 Å². The van der Waals surface area contributed by atoms with Crippen molar-refractivity contribution in [2.75, 3.05) is 6.54 Å². The van der Waals surface area contributed by atoms with Gasteiger partial charge in [0.05, 0.1) is 6.54 Å². The Balaban J connectivity index is 1.79. The summed E-state index contributed by atoms with van der Waals surface area (Å²) < 4.78 is 5.24. The van der Waals surface area contributed by atoms with Crippen molar-refractivity contribution in [3.05, 3.63) is 23.2 Å². The summed E-state index contributed by atoms with van der Waals surface area (Å²) in [5.41, 5.74) is 0.130. The number of hydrogen-bond donors (Lipinski definition) is 3. The molecule has 0 radical (unpaired) electrons. The van der Waals surface area contributed by atoms with E-state index in [1.165, 1.54) is 18.9 Å². The maximum absolute atomic E-state index is 11.4. The van der Waals surface area contributed by atoms with Crippen LogP contribution in [0.5, 0.6) is 0 Å². The summed E-state index contributed by atoms with van der Waals surface area (Å²) >= 11 is 0. The first-order valence-electron chi connectivity index (χ1n) is 5.90. The van der Waals surface area contributed by atoms with E-state index in [2.05, 4.69) is 10.6 Å². The minimum absolute atomic E-state index is 0.130. The number of carboxylic acids is 1. The molecule has 0 aliphatic heterocycles. The smallest absolute Gasteiger partial charge is 0.339 e. The van der Waals surface area contributed by atoms with Crippen molar-refractivity contribution >= 4 is 12.0 Å². The van der Waals surface area contributed by atoms with E-state index < -0.39 is 5.97 Å². The van der Waals surface area contributed by atoms with E-state index in [-0.39, 0.29) is 18.1 Å². The molecule has 98 valence electrons. The predicted octanol–water partition coefficient (Wildman–Crippen LogP) is 1.50. The highest BCUT2D eigenvalue weighted by atomic mass is 16.4. The zero-order chi connectivity index (χ0) is 13.1. The Morgan fingerprint density at radius 2 is 2.17 bits per heavy atom. The molecule has 3 N–H and O–H groups in total. The second-order valence-electron chi connectivity index (χ2n) is 4.49. The molecule has 18 heavy (non-hydrogen) atoms. The second-order valence-corrected chi connectivity index (χ2v) is 4.49. The lowest BCUT2D eigenvalue weighted by atomic mass is 10.2. The van der Waals surface area contributed by atoms with Gasteiger partial charge < -0.3 is 20.2 Å². The van der Waals surface area contributed by atoms with Crippen LogP contribution in [0.25, 0.3) is 0 Å². The Kier molecular flexibility index (Phi) is 3.55. The molecule has 0 saturated heterocycles. The number of carboxylic acid groups (broad SMARTS) is 1. The average Bonchev–Trinajstić information content (AvgIpc) is 3.06. The van der Waals surface area contributed by atoms with Crippen LogP contribution in [-0.2, 0) is 6.54 Å². The standard InChI is InChI=1S/C12H16N2O4/c1-7-10(11(15)16)4-9(18-7)6-14-12(17)13-5-8-2-3-8/h4,8H,2-3,5-6H2,1H3,(H,15,16)(H2,13,14,17). The van der Waals surface area contributed by atoms with Crippen molar-refractivity contribution in [2.24, 2.45) is 5.92 Å². The van der Waals surface area contributed by atoms with Gasteiger partial charge in [-0.25, -0.2) is 9.59 Å². The molecule has 0 spiro atoms. The number of amides is 2. The number of furan rings is 1. The summed E-state index contributed by atoms with van der Waals surface area (Å²) in [6, 6.07) is 1.17. The molecule has 1 aliphatic carbocycles. The Bertz CT molecular complexity index is 463. The molecule has 1 aromatic heterocycles. The first-order valence-corrected chi connectivity index (χ1v) is 5.90. The molecule has 1 aromatic rings. The summed E-state index contributed by atoms with van der Waals surface area (Å²) in [6.07, 6.45) is 2.36. The van der Waals surface area contributed by atoms with Gasteiger partial charge in [0.15, 0.2) is 0 Å². The number of aromatic carboxylic acids is 1. The van der Waals surface area contributed by atoms with Crippen LogP contribution in [0.1, 0.15) is 34.7 Å². The van der Waals surface area contributed by atoms with Gasteiger partial charge in [-0.05, 0) is 31.7 Å². The van der Waals surface area contributed by atoms with E-state index in [1.807, 2.05) is 0 Å². The van der Waals surface area contributed by atoms with Crippen LogP contribution in [0, 0.1) is 12.8 Å². The quantitative estimate of drug-likeness (QED) is 0.740. The summed E-state index contributed by atoms with van der Waals surface area (Å²) in [5, 5.41) is 14.2. The third-order valence-electron chi connectivity index (χ3n) is 2.87. The zero-order valence-corrected chi connectivity index (χ0v) is 10.2. The van der Waals surface area contributed by atoms with Crippen LogP contribution in [0.15, 0.2) is 10.5 Å². The van der Waals surface area contributed by atoms with E-state index in [4.69, 9.17) is 9.52 Å². The first-order chi connectivity index (χ1) is 8.56. The van der Waals surface area contributed by atoms with Crippen LogP contribution >= 0.6 is 0 Å². The summed E-state index contributed by atoms with van der Waals surface area (Å²) in [5.74, 6) is 0.380. The lowest BCUT2D eigenvalue weighted by molar-refractivity contribution is 0.0695. The third kappa shape index (κ3) is 3.26. The Hall–Kier alpha value is -1.98. The molecule has 2 rings (SSSR count). The largest absolute Gasteiger partial charge is 0.478 e. The molecule has 6 heteroatoms. The molecule has 0 atom stereocenters. The molecule has 0 bridgehead atoms. The van der Waals surface area contributed by atoms with E-state index in [1.54, 1.807) is 6.92 Å². The summed E-state index contributed by atoms with van der Waals surface area (Å²) in [6.45, 7) is 2.47. The van der Waals surface area contributed by atoms with E-state index >= 15 is 0 Å². The van der Waals surface area contributed by atoms with Crippen molar-refractivity contribution in [1.29, 1.82) is 0 Å². The fourth-order valence-electron chi connectivity index (χ4n) is 1.63. The molecule has 2 amide bonds. The normalized spacial score (nSPS) is 14.3. The molecule has 6 nitrogen and oxygen atoms in total. The zero-order valence-electron chi connectivity index (χ0n) is 10.2. The summed E-state index contributed by atoms with van der Waals surface area (Å²) in [7, 11) is 0.